The molecule has 6 nitrogen and oxygen atoms in total. The minimum atomic E-state index is -0.804. The van der Waals surface area contributed by atoms with Crippen LogP contribution in [0.3, 0.4) is 0 Å². The molecule has 3 aromatic carbocycles. The molecule has 3 aromatic rings. The number of carbonyl (C=O) groups is 2. The molecule has 7 heteroatoms. The number of aliphatic hydroxyl groups excluding tert-OH is 1. The zero-order valence-corrected chi connectivity index (χ0v) is 23.4. The van der Waals surface area contributed by atoms with Gasteiger partial charge in [-0.15, -0.1) is 0 Å². The number of carbonyl (C=O) groups excluding carboxylic acids is 2. The van der Waals surface area contributed by atoms with Crippen LogP contribution in [0.5, 0.6) is 5.75 Å². The molecular weight excluding hydrogens is 512 g/mol. The van der Waals surface area contributed by atoms with Gasteiger partial charge in [-0.1, -0.05) is 43.5 Å². The van der Waals surface area contributed by atoms with Crippen LogP contribution in [0, 0.1) is 0 Å². The van der Waals surface area contributed by atoms with Crippen LogP contribution >= 0.6 is 11.6 Å². The van der Waals surface area contributed by atoms with E-state index in [2.05, 4.69) is 25.7 Å². The topological polar surface area (TPSA) is 70.1 Å². The van der Waals surface area contributed by atoms with Gasteiger partial charge < -0.3 is 14.7 Å². The molecule has 1 atom stereocenters. The molecule has 4 rings (SSSR count). The molecule has 1 aliphatic heterocycles. The van der Waals surface area contributed by atoms with Gasteiger partial charge in [-0.05, 0) is 86.5 Å². The number of rotatable bonds is 11. The fourth-order valence-corrected chi connectivity index (χ4v) is 5.00. The molecule has 1 N–H and O–H groups in total. The summed E-state index contributed by atoms with van der Waals surface area (Å²) in [5.74, 6) is -0.972. The number of ether oxygens (including phenoxy) is 1. The number of nitrogens with zero attached hydrogens (tertiary/aromatic N) is 2. The number of unbranched alkanes of at least 4 members (excludes halogenated alkanes) is 2. The van der Waals surface area contributed by atoms with Crippen LogP contribution in [-0.4, -0.2) is 36.5 Å². The van der Waals surface area contributed by atoms with E-state index in [9.17, 15) is 14.7 Å². The normalized spacial score (nSPS) is 16.5. The van der Waals surface area contributed by atoms with Crippen molar-refractivity contribution in [2.45, 2.75) is 46.1 Å². The summed E-state index contributed by atoms with van der Waals surface area (Å²) in [5, 5.41) is 11.9. The molecule has 1 aliphatic rings. The zero-order chi connectivity index (χ0) is 27.9. The molecule has 1 saturated heterocycles. The van der Waals surface area contributed by atoms with Crippen LogP contribution in [0.15, 0.2) is 78.4 Å². The first-order valence-corrected chi connectivity index (χ1v) is 13.9. The first-order chi connectivity index (χ1) is 18.9. The molecule has 1 fully saturated rings. The minimum absolute atomic E-state index is 0.0437. The third-order valence-corrected chi connectivity index (χ3v) is 7.28. The summed E-state index contributed by atoms with van der Waals surface area (Å²) in [7, 11) is 0. The standard InChI is InChI=1S/C32H35ClN2O4/c1-4-7-8-21-39-27-19-11-23(12-20-27)30(36)28-29(22-9-15-25(16-10-22)34(5-2)6-3)35(32(38)31(28)37)26-17-13-24(33)14-18-26/h9-20,29,36H,4-8,21H2,1-3H3/b30-28-. The van der Waals surface area contributed by atoms with Gasteiger partial charge in [-0.2, -0.15) is 0 Å². The van der Waals surface area contributed by atoms with Crippen molar-refractivity contribution in [3.8, 4) is 5.75 Å². The van der Waals surface area contributed by atoms with Crippen LogP contribution in [0.1, 0.15) is 57.2 Å². The highest BCUT2D eigenvalue weighted by Gasteiger charge is 2.47. The second-order valence-corrected chi connectivity index (χ2v) is 9.93. The third-order valence-electron chi connectivity index (χ3n) is 7.03. The van der Waals surface area contributed by atoms with E-state index < -0.39 is 17.7 Å². The van der Waals surface area contributed by atoms with E-state index >= 15 is 0 Å². The maximum Gasteiger partial charge on any atom is 0.300 e. The summed E-state index contributed by atoms with van der Waals surface area (Å²) in [5.41, 5.74) is 2.77. The van der Waals surface area contributed by atoms with Crippen LogP contribution in [0.4, 0.5) is 11.4 Å². The average Bonchev–Trinajstić information content (AvgIpc) is 3.22. The van der Waals surface area contributed by atoms with E-state index in [1.165, 1.54) is 4.90 Å². The van der Waals surface area contributed by atoms with Gasteiger partial charge in [0, 0.05) is 35.1 Å². The molecule has 0 radical (unpaired) electrons. The van der Waals surface area contributed by atoms with Crippen molar-refractivity contribution >= 4 is 40.4 Å². The Morgan fingerprint density at radius 3 is 2.13 bits per heavy atom. The molecule has 1 unspecified atom stereocenters. The summed E-state index contributed by atoms with van der Waals surface area (Å²) in [6, 6.07) is 20.7. The summed E-state index contributed by atoms with van der Waals surface area (Å²) >= 11 is 6.10. The molecule has 1 heterocycles. The fourth-order valence-electron chi connectivity index (χ4n) is 4.88. The molecule has 0 bridgehead atoms. The van der Waals surface area contributed by atoms with Gasteiger partial charge in [0.15, 0.2) is 0 Å². The van der Waals surface area contributed by atoms with E-state index in [0.29, 0.717) is 28.6 Å². The molecule has 39 heavy (non-hydrogen) atoms. The summed E-state index contributed by atoms with van der Waals surface area (Å²) in [4.78, 5) is 30.5. The van der Waals surface area contributed by atoms with Crippen molar-refractivity contribution < 1.29 is 19.4 Å². The van der Waals surface area contributed by atoms with Crippen LogP contribution in [0.25, 0.3) is 5.76 Å². The Balaban J connectivity index is 1.76. The van der Waals surface area contributed by atoms with Gasteiger partial charge >= 0.3 is 0 Å². The molecule has 0 saturated carbocycles. The molecule has 1 amide bonds. The number of benzene rings is 3. The summed E-state index contributed by atoms with van der Waals surface area (Å²) in [6.07, 6.45) is 3.19. The summed E-state index contributed by atoms with van der Waals surface area (Å²) < 4.78 is 5.79. The van der Waals surface area contributed by atoms with Crippen molar-refractivity contribution in [3.05, 3.63) is 94.5 Å². The SMILES string of the molecule is CCCCCOc1ccc(/C(O)=C2/C(=O)C(=O)N(c3ccc(Cl)cc3)C2c2ccc(N(CC)CC)cc2)cc1. The predicted octanol–water partition coefficient (Wildman–Crippen LogP) is 7.38. The fraction of sp³-hybridized carbons (Fsp3) is 0.312. The first kappa shape index (κ1) is 28.2. The predicted molar refractivity (Wildman–Crippen MR) is 158 cm³/mol. The number of Topliss-reactive ketones (excluding diaryl/α,β-unsaturated/α-hetero) is 1. The number of aliphatic hydroxyl groups is 1. The lowest BCUT2D eigenvalue weighted by Crippen LogP contribution is -2.29. The highest BCUT2D eigenvalue weighted by molar-refractivity contribution is 6.51. The van der Waals surface area contributed by atoms with Gasteiger partial charge in [0.2, 0.25) is 0 Å². The van der Waals surface area contributed by atoms with Crippen LogP contribution < -0.4 is 14.5 Å². The smallest absolute Gasteiger partial charge is 0.300 e. The number of amides is 1. The monoisotopic (exact) mass is 546 g/mol. The largest absolute Gasteiger partial charge is 0.507 e. The third kappa shape index (κ3) is 6.12. The van der Waals surface area contributed by atoms with Gasteiger partial charge in [0.05, 0.1) is 18.2 Å². The highest BCUT2D eigenvalue weighted by Crippen LogP contribution is 2.42. The average molecular weight is 547 g/mol. The number of hydrogen-bond donors (Lipinski definition) is 1. The second-order valence-electron chi connectivity index (χ2n) is 9.49. The summed E-state index contributed by atoms with van der Waals surface area (Å²) in [6.45, 7) is 8.66. The van der Waals surface area contributed by atoms with Crippen LogP contribution in [0.2, 0.25) is 5.02 Å². The maximum absolute atomic E-state index is 13.4. The Morgan fingerprint density at radius 2 is 1.54 bits per heavy atom. The molecule has 204 valence electrons. The highest BCUT2D eigenvalue weighted by atomic mass is 35.5. The van der Waals surface area contributed by atoms with E-state index in [1.54, 1.807) is 48.5 Å². The quantitative estimate of drug-likeness (QED) is 0.118. The molecular formula is C32H35ClN2O4. The Morgan fingerprint density at radius 1 is 0.897 bits per heavy atom. The molecule has 0 aromatic heterocycles. The molecule has 0 spiro atoms. The number of halogens is 1. The minimum Gasteiger partial charge on any atom is -0.507 e. The number of anilines is 2. The Bertz CT molecular complexity index is 1310. The van der Waals surface area contributed by atoms with Gasteiger partial charge in [0.1, 0.15) is 11.5 Å². The number of hydrogen-bond acceptors (Lipinski definition) is 5. The van der Waals surface area contributed by atoms with E-state index in [0.717, 1.165) is 43.6 Å². The lowest BCUT2D eigenvalue weighted by molar-refractivity contribution is -0.132. The van der Waals surface area contributed by atoms with Gasteiger partial charge in [-0.3, -0.25) is 14.5 Å². The maximum atomic E-state index is 13.4. The number of ketones is 1. The van der Waals surface area contributed by atoms with E-state index in [-0.39, 0.29) is 11.3 Å². The lowest BCUT2D eigenvalue weighted by atomic mass is 9.95. The zero-order valence-electron chi connectivity index (χ0n) is 22.7. The van der Waals surface area contributed by atoms with E-state index in [1.807, 2.05) is 24.3 Å². The first-order valence-electron chi connectivity index (χ1n) is 13.5. The van der Waals surface area contributed by atoms with Crippen molar-refractivity contribution in [1.82, 2.24) is 0 Å². The Kier molecular flexibility index (Phi) is 9.31. The second kappa shape index (κ2) is 12.9. The molecule has 0 aliphatic carbocycles. The van der Waals surface area contributed by atoms with Crippen molar-refractivity contribution in [2.24, 2.45) is 0 Å². The van der Waals surface area contributed by atoms with Crippen molar-refractivity contribution in [3.63, 3.8) is 0 Å². The Hall–Kier alpha value is -3.77. The van der Waals surface area contributed by atoms with Crippen molar-refractivity contribution in [1.29, 1.82) is 0 Å². The van der Waals surface area contributed by atoms with Gasteiger partial charge in [-0.25, -0.2) is 0 Å². The van der Waals surface area contributed by atoms with Crippen LogP contribution in [-0.2, 0) is 9.59 Å². The van der Waals surface area contributed by atoms with E-state index in [4.69, 9.17) is 16.3 Å². The Labute approximate surface area is 235 Å². The lowest BCUT2D eigenvalue weighted by Gasteiger charge is -2.27. The van der Waals surface area contributed by atoms with Crippen molar-refractivity contribution in [2.75, 3.05) is 29.5 Å². The van der Waals surface area contributed by atoms with Gasteiger partial charge in [0.25, 0.3) is 11.7 Å².